The quantitative estimate of drug-likeness (QED) is 0.691. The van der Waals surface area contributed by atoms with Crippen LogP contribution in [0.5, 0.6) is 0 Å². The minimum atomic E-state index is -0.977. The lowest BCUT2D eigenvalue weighted by Gasteiger charge is -2.46. The lowest BCUT2D eigenvalue weighted by Crippen LogP contribution is -2.62. The number of rotatable bonds is 2. The number of nitrogens with one attached hydrogen (secondary N) is 2. The Hall–Kier alpha value is -2.30. The number of piperidine rings is 1. The van der Waals surface area contributed by atoms with E-state index in [2.05, 4.69) is 10.6 Å². The van der Waals surface area contributed by atoms with Gasteiger partial charge in [-0.2, -0.15) is 0 Å². The molecule has 2 aliphatic heterocycles. The number of hydrogen-bond acceptors (Lipinski definition) is 2. The summed E-state index contributed by atoms with van der Waals surface area (Å²) in [5, 5.41) is 7.20. The van der Waals surface area contributed by atoms with E-state index < -0.39 is 11.5 Å². The third kappa shape index (κ3) is 2.75. The van der Waals surface area contributed by atoms with Crippen molar-refractivity contribution in [1.82, 2.24) is 5.32 Å². The highest BCUT2D eigenvalue weighted by Crippen LogP contribution is 2.54. The lowest BCUT2D eigenvalue weighted by molar-refractivity contribution is -0.130. The number of fused-ring (bicyclic) bond motifs is 2. The number of amides is 2. The van der Waals surface area contributed by atoms with Crippen molar-refractivity contribution in [3.63, 3.8) is 0 Å². The molecule has 1 spiro atoms. The van der Waals surface area contributed by atoms with Gasteiger partial charge in [-0.05, 0) is 49.2 Å². The number of anilines is 1. The number of allylic oxidation sites excluding steroid dienone is 1. The first-order chi connectivity index (χ1) is 13.4. The van der Waals surface area contributed by atoms with E-state index in [4.69, 9.17) is 23.2 Å². The van der Waals surface area contributed by atoms with E-state index in [1.54, 1.807) is 18.2 Å². The maximum atomic E-state index is 13.6. The minimum Gasteiger partial charge on any atom is -0.348 e. The van der Waals surface area contributed by atoms with Gasteiger partial charge in [0.25, 0.3) is 0 Å². The second-order valence-electron chi connectivity index (χ2n) is 7.36. The molecule has 28 heavy (non-hydrogen) atoms. The second kappa shape index (κ2) is 6.94. The normalized spacial score (nSPS) is 26.8. The number of carbonyl (C=O) groups is 2. The van der Waals surface area contributed by atoms with Gasteiger partial charge in [0, 0.05) is 28.1 Å². The zero-order valence-electron chi connectivity index (χ0n) is 15.6. The average Bonchev–Trinajstić information content (AvgIpc) is 2.94. The molecule has 2 amide bonds. The van der Waals surface area contributed by atoms with Gasteiger partial charge in [-0.1, -0.05) is 53.1 Å². The monoisotopic (exact) mass is 414 g/mol. The third-order valence-electron chi connectivity index (χ3n) is 5.91. The Morgan fingerprint density at radius 3 is 2.61 bits per heavy atom. The van der Waals surface area contributed by atoms with Crippen molar-refractivity contribution in [2.45, 2.75) is 37.6 Å². The molecule has 0 aromatic heterocycles. The van der Waals surface area contributed by atoms with Gasteiger partial charge >= 0.3 is 0 Å². The molecule has 0 saturated carbocycles. The summed E-state index contributed by atoms with van der Waals surface area (Å²) in [6.07, 6.45) is 2.14. The lowest BCUT2D eigenvalue weighted by atomic mass is 9.59. The highest BCUT2D eigenvalue weighted by molar-refractivity contribution is 6.31. The van der Waals surface area contributed by atoms with E-state index >= 15 is 0 Å². The van der Waals surface area contributed by atoms with Crippen molar-refractivity contribution in [2.24, 2.45) is 0 Å². The van der Waals surface area contributed by atoms with Crippen LogP contribution in [0.2, 0.25) is 10.0 Å². The molecule has 0 unspecified atom stereocenters. The molecule has 2 aliphatic rings. The molecule has 2 aromatic carbocycles. The number of carbonyl (C=O) groups excluding carboxylic acids is 2. The van der Waals surface area contributed by atoms with Crippen LogP contribution in [0.25, 0.3) is 0 Å². The van der Waals surface area contributed by atoms with Crippen LogP contribution in [0.4, 0.5) is 5.69 Å². The van der Waals surface area contributed by atoms with E-state index in [0.717, 1.165) is 16.7 Å². The van der Waals surface area contributed by atoms with Crippen LogP contribution in [0.1, 0.15) is 37.3 Å². The second-order valence-corrected chi connectivity index (χ2v) is 8.23. The fraction of sp³-hybridized carbons (Fsp3) is 0.273. The molecule has 0 aliphatic carbocycles. The molecule has 1 fully saturated rings. The van der Waals surface area contributed by atoms with Gasteiger partial charge in [0.15, 0.2) is 0 Å². The van der Waals surface area contributed by atoms with Gasteiger partial charge in [-0.15, -0.1) is 0 Å². The van der Waals surface area contributed by atoms with Crippen LogP contribution in [0.15, 0.2) is 54.1 Å². The maximum absolute atomic E-state index is 13.6. The van der Waals surface area contributed by atoms with Gasteiger partial charge in [-0.3, -0.25) is 9.59 Å². The summed E-state index contributed by atoms with van der Waals surface area (Å²) in [4.78, 5) is 26.2. The first-order valence-corrected chi connectivity index (χ1v) is 9.92. The molecule has 1 saturated heterocycles. The van der Waals surface area contributed by atoms with Crippen LogP contribution in [-0.4, -0.2) is 17.9 Å². The SMILES string of the molecule is C/C=C(/C)[C@H]1NC(=O)C[C@@H](c2cccc(Cl)c2)[C@]12C(=O)Nc1cc(Cl)ccc12. The average molecular weight is 415 g/mol. The summed E-state index contributed by atoms with van der Waals surface area (Å²) >= 11 is 12.4. The van der Waals surface area contributed by atoms with Gasteiger partial charge in [0.05, 0.1) is 6.04 Å². The Bertz CT molecular complexity index is 1020. The molecule has 144 valence electrons. The molecule has 6 heteroatoms. The van der Waals surface area contributed by atoms with Gasteiger partial charge < -0.3 is 10.6 Å². The zero-order valence-corrected chi connectivity index (χ0v) is 17.1. The predicted octanol–water partition coefficient (Wildman–Crippen LogP) is 4.82. The van der Waals surface area contributed by atoms with E-state index in [1.165, 1.54) is 0 Å². The van der Waals surface area contributed by atoms with Crippen molar-refractivity contribution in [3.8, 4) is 0 Å². The van der Waals surface area contributed by atoms with Gasteiger partial charge in [0.2, 0.25) is 11.8 Å². The minimum absolute atomic E-state index is 0.0861. The standard InChI is InChI=1S/C22H20Cl2N2O2/c1-3-12(2)20-22(16-8-7-15(24)10-18(16)25-21(22)28)17(11-19(27)26-20)13-5-4-6-14(23)9-13/h3-10,17,20H,11H2,1-2H3,(H,25,28)(H,26,27)/b12-3-/t17-,20+,22-/m0/s1. The van der Waals surface area contributed by atoms with Crippen LogP contribution in [0, 0.1) is 0 Å². The van der Waals surface area contributed by atoms with Gasteiger partial charge in [-0.25, -0.2) is 0 Å². The van der Waals surface area contributed by atoms with Crippen molar-refractivity contribution in [2.75, 3.05) is 5.32 Å². The fourth-order valence-electron chi connectivity index (χ4n) is 4.59. The molecule has 4 nitrogen and oxygen atoms in total. The predicted molar refractivity (Wildman–Crippen MR) is 112 cm³/mol. The number of halogens is 2. The molecule has 2 heterocycles. The Kier molecular flexibility index (Phi) is 4.72. The smallest absolute Gasteiger partial charge is 0.238 e. The van der Waals surface area contributed by atoms with Crippen LogP contribution in [-0.2, 0) is 15.0 Å². The highest BCUT2D eigenvalue weighted by Gasteiger charge is 2.60. The van der Waals surface area contributed by atoms with Crippen molar-refractivity contribution in [3.05, 3.63) is 75.3 Å². The van der Waals surface area contributed by atoms with Crippen LogP contribution >= 0.6 is 23.2 Å². The summed E-state index contributed by atoms with van der Waals surface area (Å²) in [6.45, 7) is 3.85. The van der Waals surface area contributed by atoms with Crippen LogP contribution in [0.3, 0.4) is 0 Å². The number of hydrogen-bond donors (Lipinski definition) is 2. The fourth-order valence-corrected chi connectivity index (χ4v) is 4.96. The maximum Gasteiger partial charge on any atom is 0.238 e. The van der Waals surface area contributed by atoms with Crippen LogP contribution < -0.4 is 10.6 Å². The van der Waals surface area contributed by atoms with E-state index in [0.29, 0.717) is 15.7 Å². The van der Waals surface area contributed by atoms with E-state index in [9.17, 15) is 9.59 Å². The topological polar surface area (TPSA) is 58.2 Å². The van der Waals surface area contributed by atoms with E-state index in [1.807, 2.05) is 44.2 Å². The molecule has 2 N–H and O–H groups in total. The summed E-state index contributed by atoms with van der Waals surface area (Å²) in [5.41, 5.74) is 2.36. The van der Waals surface area contributed by atoms with Gasteiger partial charge in [0.1, 0.15) is 5.41 Å². The van der Waals surface area contributed by atoms with E-state index in [-0.39, 0.29) is 24.2 Å². The molecular weight excluding hydrogens is 395 g/mol. The molecule has 3 atom stereocenters. The summed E-state index contributed by atoms with van der Waals surface area (Å²) in [5.74, 6) is -0.583. The summed E-state index contributed by atoms with van der Waals surface area (Å²) in [7, 11) is 0. The number of benzene rings is 2. The Balaban J connectivity index is 2.02. The molecule has 4 rings (SSSR count). The van der Waals surface area contributed by atoms with Crippen molar-refractivity contribution in [1.29, 1.82) is 0 Å². The summed E-state index contributed by atoms with van der Waals surface area (Å²) in [6, 6.07) is 12.4. The molecule has 2 aromatic rings. The first kappa shape index (κ1) is 19.0. The Labute approximate surface area is 173 Å². The Morgan fingerprint density at radius 1 is 1.14 bits per heavy atom. The highest BCUT2D eigenvalue weighted by atomic mass is 35.5. The molecule has 0 radical (unpaired) electrons. The Morgan fingerprint density at radius 2 is 1.89 bits per heavy atom. The van der Waals surface area contributed by atoms with Crippen molar-refractivity contribution < 1.29 is 9.59 Å². The largest absolute Gasteiger partial charge is 0.348 e. The molecular formula is C22H20Cl2N2O2. The summed E-state index contributed by atoms with van der Waals surface area (Å²) < 4.78 is 0. The third-order valence-corrected chi connectivity index (χ3v) is 6.38. The first-order valence-electron chi connectivity index (χ1n) is 9.17. The zero-order chi connectivity index (χ0) is 20.1. The molecule has 0 bridgehead atoms. The van der Waals surface area contributed by atoms with Crippen molar-refractivity contribution >= 4 is 40.7 Å².